The zero-order chi connectivity index (χ0) is 27.3. The minimum atomic E-state index is -4.08. The van der Waals surface area contributed by atoms with Gasteiger partial charge in [0.2, 0.25) is 21.9 Å². The van der Waals surface area contributed by atoms with Crippen molar-refractivity contribution in [3.8, 4) is 17.4 Å². The summed E-state index contributed by atoms with van der Waals surface area (Å²) in [5.41, 5.74) is 1.27. The highest BCUT2D eigenvalue weighted by Gasteiger charge is 2.34. The Morgan fingerprint density at radius 3 is 2.45 bits per heavy atom. The number of ether oxygens (including phenoxy) is 2. The van der Waals surface area contributed by atoms with Gasteiger partial charge in [0.1, 0.15) is 22.9 Å². The van der Waals surface area contributed by atoms with E-state index in [9.17, 15) is 12.8 Å². The van der Waals surface area contributed by atoms with Gasteiger partial charge in [-0.1, -0.05) is 29.8 Å². The van der Waals surface area contributed by atoms with E-state index < -0.39 is 21.4 Å². The van der Waals surface area contributed by atoms with Crippen LogP contribution in [-0.4, -0.2) is 57.6 Å². The molecule has 0 aliphatic carbocycles. The van der Waals surface area contributed by atoms with Crippen LogP contribution in [0.4, 0.5) is 10.3 Å². The summed E-state index contributed by atoms with van der Waals surface area (Å²) in [5.74, 6) is 0.469. The van der Waals surface area contributed by atoms with Gasteiger partial charge in [-0.2, -0.15) is 0 Å². The Bertz CT molecular complexity index is 1480. The van der Waals surface area contributed by atoms with Gasteiger partial charge in [-0.05, 0) is 37.1 Å². The molecular formula is C24H25ClFN7O4S. The van der Waals surface area contributed by atoms with Crippen LogP contribution in [0, 0.1) is 5.82 Å². The summed E-state index contributed by atoms with van der Waals surface area (Å²) in [6.45, 7) is 1.74. The molecule has 11 nitrogen and oxygen atoms in total. The lowest BCUT2D eigenvalue weighted by molar-refractivity contribution is 0.0950. The number of nitrogens with zero attached hydrogens (tertiary/aromatic N) is 6. The molecule has 0 saturated heterocycles. The second-order valence-corrected chi connectivity index (χ2v) is 10.7. The van der Waals surface area contributed by atoms with Gasteiger partial charge in [0.15, 0.2) is 11.6 Å². The normalized spacial score (nSPS) is 13.2. The van der Waals surface area contributed by atoms with E-state index in [1.807, 2.05) is 0 Å². The number of hydrogen-bond acceptors (Lipinski definition) is 9. The molecule has 0 bridgehead atoms. The highest BCUT2D eigenvalue weighted by Crippen LogP contribution is 2.27. The average molecular weight is 562 g/mol. The standard InChI is InChI=1S/C24H25ClFN7O4S/c1-15(21(37-3)22-27-13-17(25)14-28-22)38(34,35)32-24-31-30-23(19-5-4-6-20(29-19)36-2)33(24)12-11-16-7-9-18(26)10-8-16/h4-10,13-15,21H,11-12H2,1-3H3,(H,31,32). The first-order valence-corrected chi connectivity index (χ1v) is 13.3. The van der Waals surface area contributed by atoms with Crippen LogP contribution >= 0.6 is 11.6 Å². The SMILES string of the molecule is COc1cccc(-c2nnc(NS(=O)(=O)C(C)C(OC)c3ncc(Cl)cn3)n2CCc2ccc(F)cc2)n1. The number of benzene rings is 1. The molecule has 2 atom stereocenters. The summed E-state index contributed by atoms with van der Waals surface area (Å²) < 4.78 is 55.0. The fraction of sp³-hybridized carbons (Fsp3) is 0.292. The second-order valence-electron chi connectivity index (χ2n) is 8.21. The van der Waals surface area contributed by atoms with Crippen LogP contribution in [-0.2, 0) is 27.7 Å². The first-order chi connectivity index (χ1) is 18.2. The number of halogens is 2. The fourth-order valence-electron chi connectivity index (χ4n) is 3.68. The summed E-state index contributed by atoms with van der Waals surface area (Å²) in [7, 11) is -1.23. The van der Waals surface area contributed by atoms with E-state index in [4.69, 9.17) is 21.1 Å². The van der Waals surface area contributed by atoms with Gasteiger partial charge in [0.05, 0.1) is 12.1 Å². The van der Waals surface area contributed by atoms with Crippen LogP contribution in [0.2, 0.25) is 5.02 Å². The second kappa shape index (κ2) is 11.8. The molecule has 0 spiro atoms. The van der Waals surface area contributed by atoms with Crippen LogP contribution in [0.5, 0.6) is 5.88 Å². The maximum atomic E-state index is 13.4. The molecule has 1 N–H and O–H groups in total. The van der Waals surface area contributed by atoms with Crippen molar-refractivity contribution in [3.05, 3.63) is 77.1 Å². The number of nitrogens with one attached hydrogen (secondary N) is 1. The van der Waals surface area contributed by atoms with Gasteiger partial charge in [0.25, 0.3) is 0 Å². The van der Waals surface area contributed by atoms with Crippen LogP contribution < -0.4 is 9.46 Å². The number of anilines is 1. The molecule has 0 aliphatic rings. The van der Waals surface area contributed by atoms with Crippen LogP contribution in [0.3, 0.4) is 0 Å². The highest BCUT2D eigenvalue weighted by atomic mass is 35.5. The molecule has 200 valence electrons. The minimum absolute atomic E-state index is 0.0227. The van der Waals surface area contributed by atoms with E-state index >= 15 is 0 Å². The third-order valence-corrected chi connectivity index (χ3v) is 7.64. The van der Waals surface area contributed by atoms with Gasteiger partial charge in [0, 0.05) is 32.1 Å². The zero-order valence-corrected chi connectivity index (χ0v) is 22.3. The van der Waals surface area contributed by atoms with Crippen molar-refractivity contribution in [2.45, 2.75) is 31.2 Å². The van der Waals surface area contributed by atoms with Gasteiger partial charge < -0.3 is 9.47 Å². The van der Waals surface area contributed by atoms with Crippen molar-refractivity contribution in [2.24, 2.45) is 0 Å². The van der Waals surface area contributed by atoms with Crippen molar-refractivity contribution in [1.29, 1.82) is 0 Å². The number of methoxy groups -OCH3 is 2. The molecule has 0 aliphatic heterocycles. The Labute approximate surface area is 224 Å². The number of rotatable bonds is 11. The first-order valence-electron chi connectivity index (χ1n) is 11.4. The largest absolute Gasteiger partial charge is 0.481 e. The number of hydrogen-bond donors (Lipinski definition) is 1. The third kappa shape index (κ3) is 6.23. The molecule has 1 aromatic carbocycles. The fourth-order valence-corrected chi connectivity index (χ4v) is 4.93. The predicted octanol–water partition coefficient (Wildman–Crippen LogP) is 3.69. The van der Waals surface area contributed by atoms with E-state index in [0.29, 0.717) is 28.8 Å². The molecule has 0 radical (unpaired) electrons. The highest BCUT2D eigenvalue weighted by molar-refractivity contribution is 7.93. The van der Waals surface area contributed by atoms with E-state index in [2.05, 4.69) is 29.9 Å². The van der Waals surface area contributed by atoms with Gasteiger partial charge in [-0.25, -0.2) is 27.8 Å². The Morgan fingerprint density at radius 1 is 1.08 bits per heavy atom. The number of aryl methyl sites for hydroxylation is 1. The monoisotopic (exact) mass is 561 g/mol. The van der Waals surface area contributed by atoms with Crippen molar-refractivity contribution in [3.63, 3.8) is 0 Å². The van der Waals surface area contributed by atoms with Crippen LogP contribution in [0.1, 0.15) is 24.4 Å². The molecule has 2 unspecified atom stereocenters. The maximum absolute atomic E-state index is 13.4. The minimum Gasteiger partial charge on any atom is -0.481 e. The summed E-state index contributed by atoms with van der Waals surface area (Å²) in [6.07, 6.45) is 2.18. The molecule has 0 amide bonds. The topological polar surface area (TPSA) is 134 Å². The van der Waals surface area contributed by atoms with E-state index in [1.165, 1.54) is 45.7 Å². The average Bonchev–Trinajstić information content (AvgIpc) is 3.31. The summed E-state index contributed by atoms with van der Waals surface area (Å²) >= 11 is 5.86. The lowest BCUT2D eigenvalue weighted by atomic mass is 10.1. The van der Waals surface area contributed by atoms with Gasteiger partial charge in [-0.3, -0.25) is 9.29 Å². The lowest BCUT2D eigenvalue weighted by Gasteiger charge is -2.22. The molecule has 38 heavy (non-hydrogen) atoms. The van der Waals surface area contributed by atoms with Gasteiger partial charge >= 0.3 is 0 Å². The van der Waals surface area contributed by atoms with Crippen molar-refractivity contribution in [2.75, 3.05) is 18.9 Å². The number of pyridine rings is 1. The lowest BCUT2D eigenvalue weighted by Crippen LogP contribution is -2.33. The van der Waals surface area contributed by atoms with Crippen molar-refractivity contribution in [1.82, 2.24) is 29.7 Å². The Hall–Kier alpha value is -3.68. The molecule has 3 aromatic heterocycles. The maximum Gasteiger partial charge on any atom is 0.240 e. The van der Waals surface area contributed by atoms with Crippen molar-refractivity contribution < 1.29 is 22.3 Å². The summed E-state index contributed by atoms with van der Waals surface area (Å²) in [5, 5.41) is 7.50. The molecule has 14 heteroatoms. The summed E-state index contributed by atoms with van der Waals surface area (Å²) in [4.78, 5) is 12.6. The molecule has 4 aromatic rings. The third-order valence-electron chi connectivity index (χ3n) is 5.75. The number of sulfonamides is 1. The Kier molecular flexibility index (Phi) is 8.49. The van der Waals surface area contributed by atoms with Crippen LogP contribution in [0.25, 0.3) is 11.5 Å². The van der Waals surface area contributed by atoms with Crippen LogP contribution in [0.15, 0.2) is 54.9 Å². The molecular weight excluding hydrogens is 537 g/mol. The van der Waals surface area contributed by atoms with Crippen molar-refractivity contribution >= 4 is 27.6 Å². The first kappa shape index (κ1) is 27.4. The predicted molar refractivity (Wildman–Crippen MR) is 139 cm³/mol. The molecule has 4 rings (SSSR count). The Balaban J connectivity index is 1.66. The summed E-state index contributed by atoms with van der Waals surface area (Å²) in [6, 6.07) is 11.2. The smallest absolute Gasteiger partial charge is 0.240 e. The molecule has 0 saturated carbocycles. The van der Waals surface area contributed by atoms with E-state index in [1.54, 1.807) is 34.9 Å². The molecule has 0 fully saturated rings. The Morgan fingerprint density at radius 2 is 1.79 bits per heavy atom. The van der Waals surface area contributed by atoms with E-state index in [0.717, 1.165) is 5.56 Å². The quantitative estimate of drug-likeness (QED) is 0.291. The van der Waals surface area contributed by atoms with E-state index in [-0.39, 0.29) is 24.1 Å². The van der Waals surface area contributed by atoms with Gasteiger partial charge in [-0.15, -0.1) is 10.2 Å². The zero-order valence-electron chi connectivity index (χ0n) is 20.7. The molecule has 3 heterocycles. The number of aromatic nitrogens is 6.